The summed E-state index contributed by atoms with van der Waals surface area (Å²) >= 11 is 1.83. The Kier molecular flexibility index (Phi) is 7.22. The molecule has 1 aromatic heterocycles. The van der Waals surface area contributed by atoms with E-state index >= 15 is 0 Å². The number of nitrogens with zero attached hydrogens (tertiary/aromatic N) is 2. The van der Waals surface area contributed by atoms with Crippen LogP contribution in [0.5, 0.6) is 0 Å². The fourth-order valence-corrected chi connectivity index (χ4v) is 10.5. The van der Waals surface area contributed by atoms with Crippen LogP contribution in [0.3, 0.4) is 0 Å². The van der Waals surface area contributed by atoms with Crippen molar-refractivity contribution in [2.75, 3.05) is 4.90 Å². The van der Waals surface area contributed by atoms with Crippen LogP contribution < -0.4 is 4.90 Å². The number of hydrogen-bond donors (Lipinski definition) is 0. The third-order valence-corrected chi connectivity index (χ3v) is 13.2. The van der Waals surface area contributed by atoms with Crippen molar-refractivity contribution in [3.63, 3.8) is 0 Å². The molecule has 1 aliphatic heterocycles. The minimum absolute atomic E-state index is 0.0779. The van der Waals surface area contributed by atoms with Crippen molar-refractivity contribution >= 4 is 39.6 Å². The second-order valence-corrected chi connectivity index (χ2v) is 16.9. The van der Waals surface area contributed by atoms with Crippen LogP contribution in [0, 0.1) is 0 Å². The van der Waals surface area contributed by atoms with Gasteiger partial charge in [0, 0.05) is 43.0 Å². The third kappa shape index (κ3) is 4.61. The van der Waals surface area contributed by atoms with Gasteiger partial charge in [0.15, 0.2) is 0 Å². The average molecular weight is 715 g/mol. The molecule has 0 N–H and O–H groups in total. The standard InChI is InChI=1S/C51H42N2S/c1-7-34(52-44-20-12-14-22-46(44)54-47-23-15-13-21-45(47)52)26-24-32(2)33-25-29-43-39(30-33)48-49(38-17-9-11-19-41(38)51(48,5)6)53(43)35-27-28-37-36-16-8-10-18-40(36)50(3,4)42(37)31-35/h7-31H,2H2,1,3-6H3/b26-24-,34-7+. The van der Waals surface area contributed by atoms with E-state index < -0.39 is 0 Å². The van der Waals surface area contributed by atoms with Crippen molar-refractivity contribution in [2.45, 2.75) is 55.2 Å². The number of rotatable bonds is 5. The van der Waals surface area contributed by atoms with Crippen molar-refractivity contribution < 1.29 is 0 Å². The molecule has 0 spiro atoms. The smallest absolute Gasteiger partial charge is 0.0601 e. The zero-order chi connectivity index (χ0) is 36.9. The van der Waals surface area contributed by atoms with Crippen molar-refractivity contribution in [1.29, 1.82) is 0 Å². The van der Waals surface area contributed by atoms with Gasteiger partial charge in [0.05, 0.1) is 22.6 Å². The van der Waals surface area contributed by atoms with Crippen LogP contribution in [-0.4, -0.2) is 4.57 Å². The molecule has 262 valence electrons. The van der Waals surface area contributed by atoms with E-state index in [9.17, 15) is 0 Å². The summed E-state index contributed by atoms with van der Waals surface area (Å²) in [7, 11) is 0. The van der Waals surface area contributed by atoms with Crippen molar-refractivity contribution in [1.82, 2.24) is 4.57 Å². The monoisotopic (exact) mass is 714 g/mol. The molecule has 0 saturated carbocycles. The lowest BCUT2D eigenvalue weighted by molar-refractivity contribution is 0.659. The molecule has 7 aromatic rings. The van der Waals surface area contributed by atoms with Crippen LogP contribution in [-0.2, 0) is 10.8 Å². The summed E-state index contributed by atoms with van der Waals surface area (Å²) in [5.74, 6) is 0. The molecular weight excluding hydrogens is 673 g/mol. The molecular formula is C51H42N2S. The van der Waals surface area contributed by atoms with Gasteiger partial charge in [-0.15, -0.1) is 0 Å². The Hall–Kier alpha value is -5.77. The molecule has 10 rings (SSSR count). The highest BCUT2D eigenvalue weighted by atomic mass is 32.2. The van der Waals surface area contributed by atoms with E-state index in [0.717, 1.165) is 16.8 Å². The summed E-state index contributed by atoms with van der Waals surface area (Å²) in [6.07, 6.45) is 6.59. The van der Waals surface area contributed by atoms with Gasteiger partial charge in [-0.25, -0.2) is 0 Å². The molecule has 2 nitrogen and oxygen atoms in total. The first kappa shape index (κ1) is 32.8. The third-order valence-electron chi connectivity index (χ3n) is 12.1. The first-order chi connectivity index (χ1) is 26.2. The molecule has 0 atom stereocenters. The fraction of sp³-hybridized carbons (Fsp3) is 0.137. The summed E-state index contributed by atoms with van der Waals surface area (Å²) in [5, 5.41) is 1.28. The number of aromatic nitrogens is 1. The highest BCUT2D eigenvalue weighted by molar-refractivity contribution is 7.99. The van der Waals surface area contributed by atoms with Gasteiger partial charge in [0.25, 0.3) is 0 Å². The minimum Gasteiger partial charge on any atom is -0.309 e. The quantitative estimate of drug-likeness (QED) is 0.164. The highest BCUT2D eigenvalue weighted by Gasteiger charge is 2.41. The van der Waals surface area contributed by atoms with Gasteiger partial charge in [-0.1, -0.05) is 143 Å². The van der Waals surface area contributed by atoms with Gasteiger partial charge in [0.1, 0.15) is 0 Å². The maximum absolute atomic E-state index is 4.64. The van der Waals surface area contributed by atoms with Gasteiger partial charge in [-0.05, 0) is 106 Å². The summed E-state index contributed by atoms with van der Waals surface area (Å²) in [4.78, 5) is 4.88. The van der Waals surface area contributed by atoms with Gasteiger partial charge < -0.3 is 9.47 Å². The largest absolute Gasteiger partial charge is 0.309 e. The van der Waals surface area contributed by atoms with E-state index in [0.29, 0.717) is 0 Å². The second-order valence-electron chi connectivity index (χ2n) is 15.8. The molecule has 0 bridgehead atoms. The summed E-state index contributed by atoms with van der Waals surface area (Å²) in [6, 6.07) is 49.3. The van der Waals surface area contributed by atoms with Gasteiger partial charge in [0.2, 0.25) is 0 Å². The number of fused-ring (bicyclic) bond motifs is 10. The van der Waals surface area contributed by atoms with E-state index in [-0.39, 0.29) is 10.8 Å². The van der Waals surface area contributed by atoms with Gasteiger partial charge in [-0.2, -0.15) is 0 Å². The van der Waals surface area contributed by atoms with E-state index in [4.69, 9.17) is 0 Å². The van der Waals surface area contributed by atoms with Crippen molar-refractivity contribution in [3.05, 3.63) is 192 Å². The zero-order valence-corrected chi connectivity index (χ0v) is 32.3. The number of benzene rings is 6. The fourth-order valence-electron chi connectivity index (χ4n) is 9.41. The summed E-state index contributed by atoms with van der Waals surface area (Å²) < 4.78 is 2.53. The normalized spacial score (nSPS) is 15.8. The molecule has 0 fully saturated rings. The Morgan fingerprint density at radius 3 is 1.93 bits per heavy atom. The maximum Gasteiger partial charge on any atom is 0.0601 e. The first-order valence-electron chi connectivity index (χ1n) is 18.9. The summed E-state index contributed by atoms with van der Waals surface area (Å²) in [6.45, 7) is 16.3. The van der Waals surface area contributed by atoms with E-state index in [1.807, 2.05) is 11.8 Å². The topological polar surface area (TPSA) is 8.17 Å². The minimum atomic E-state index is -0.164. The van der Waals surface area contributed by atoms with Gasteiger partial charge >= 0.3 is 0 Å². The SMILES string of the molecule is C=C(/C=C\C(=C/C)N1c2ccccc2Sc2ccccc21)c1ccc2c(c1)c1c(n2-c2ccc3c(c2)C(C)(C)c2ccccc2-3)-c2ccccc2C1(C)C. The van der Waals surface area contributed by atoms with Crippen LogP contribution >= 0.6 is 11.8 Å². The molecule has 54 heavy (non-hydrogen) atoms. The second kappa shape index (κ2) is 11.9. The van der Waals surface area contributed by atoms with Crippen molar-refractivity contribution in [2.24, 2.45) is 0 Å². The average Bonchev–Trinajstić information content (AvgIpc) is 3.75. The summed E-state index contributed by atoms with van der Waals surface area (Å²) in [5.41, 5.74) is 18.7. The molecule has 3 aliphatic rings. The predicted octanol–water partition coefficient (Wildman–Crippen LogP) is 14.0. The molecule has 6 aromatic carbocycles. The van der Waals surface area contributed by atoms with Crippen LogP contribution in [0.1, 0.15) is 62.4 Å². The lowest BCUT2D eigenvalue weighted by Crippen LogP contribution is -2.19. The Bertz CT molecular complexity index is 2740. The van der Waals surface area contributed by atoms with Crippen LogP contribution in [0.15, 0.2) is 174 Å². The molecule has 2 aliphatic carbocycles. The Labute approximate surface area is 322 Å². The van der Waals surface area contributed by atoms with E-state index in [2.05, 4.69) is 202 Å². The molecule has 0 unspecified atom stereocenters. The lowest BCUT2D eigenvalue weighted by Gasteiger charge is -2.33. The zero-order valence-electron chi connectivity index (χ0n) is 31.4. The van der Waals surface area contributed by atoms with Crippen LogP contribution in [0.4, 0.5) is 11.4 Å². The number of anilines is 2. The van der Waals surface area contributed by atoms with Gasteiger partial charge in [-0.3, -0.25) is 0 Å². The Balaban J connectivity index is 1.09. The van der Waals surface area contributed by atoms with E-state index in [1.54, 1.807) is 0 Å². The Morgan fingerprint density at radius 2 is 1.22 bits per heavy atom. The molecule has 0 amide bonds. The lowest BCUT2D eigenvalue weighted by atomic mass is 9.81. The molecule has 0 saturated heterocycles. The number of para-hydroxylation sites is 2. The molecule has 3 heteroatoms. The maximum atomic E-state index is 4.64. The molecule has 2 heterocycles. The molecule has 0 radical (unpaired) electrons. The number of hydrogen-bond acceptors (Lipinski definition) is 2. The van der Waals surface area contributed by atoms with Crippen molar-refractivity contribution in [3.8, 4) is 28.1 Å². The Morgan fingerprint density at radius 1 is 0.611 bits per heavy atom. The first-order valence-corrected chi connectivity index (χ1v) is 19.7. The number of allylic oxidation sites excluding steroid dienone is 4. The van der Waals surface area contributed by atoms with E-state index in [1.165, 1.54) is 82.4 Å². The van der Waals surface area contributed by atoms with Crippen LogP contribution in [0.25, 0.3) is 44.5 Å². The highest BCUT2D eigenvalue weighted by Crippen LogP contribution is 2.55. The predicted molar refractivity (Wildman–Crippen MR) is 229 cm³/mol. The van der Waals surface area contributed by atoms with Crippen LogP contribution in [0.2, 0.25) is 0 Å².